The average molecular weight is 369 g/mol. The van der Waals surface area contributed by atoms with Crippen LogP contribution in [0.5, 0.6) is 0 Å². The number of benzene rings is 2. The van der Waals surface area contributed by atoms with E-state index in [2.05, 4.69) is 70.5 Å². The van der Waals surface area contributed by atoms with Gasteiger partial charge in [0.15, 0.2) is 0 Å². The Morgan fingerprint density at radius 1 is 0.783 bits per heavy atom. The smallest absolute Gasteiger partial charge is 0.00313 e. The van der Waals surface area contributed by atoms with Gasteiger partial charge in [0.1, 0.15) is 0 Å². The number of halogens is 1. The molecule has 1 aliphatic carbocycles. The summed E-state index contributed by atoms with van der Waals surface area (Å²) in [6.45, 7) is 0. The third-order valence-electron chi connectivity index (χ3n) is 4.76. The van der Waals surface area contributed by atoms with Crippen LogP contribution < -0.4 is 0 Å². The molecule has 0 bridgehead atoms. The summed E-state index contributed by atoms with van der Waals surface area (Å²) in [5.74, 6) is 0. The lowest BCUT2D eigenvalue weighted by molar-refractivity contribution is 0.743. The normalized spacial score (nSPS) is 14.5. The second-order valence-corrected chi connectivity index (χ2v) is 7.13. The van der Waals surface area contributed by atoms with Crippen molar-refractivity contribution in [3.8, 4) is 0 Å². The lowest BCUT2D eigenvalue weighted by atomic mass is 9.89. The third-order valence-corrected chi connectivity index (χ3v) is 5.32. The zero-order valence-corrected chi connectivity index (χ0v) is 15.3. The highest BCUT2D eigenvalue weighted by Gasteiger charge is 2.17. The summed E-state index contributed by atoms with van der Waals surface area (Å²) in [6, 6.07) is 20.1. The van der Waals surface area contributed by atoms with E-state index in [0.717, 1.165) is 5.33 Å². The third kappa shape index (κ3) is 4.14. The van der Waals surface area contributed by atoms with Crippen molar-refractivity contribution in [2.45, 2.75) is 44.9 Å². The van der Waals surface area contributed by atoms with Crippen molar-refractivity contribution in [3.05, 3.63) is 71.3 Å². The number of fused-ring (bicyclic) bond motifs is 1. The van der Waals surface area contributed by atoms with E-state index in [9.17, 15) is 0 Å². The molecule has 2 aromatic carbocycles. The van der Waals surface area contributed by atoms with Gasteiger partial charge >= 0.3 is 0 Å². The first kappa shape index (κ1) is 16.5. The first-order chi connectivity index (χ1) is 11.4. The van der Waals surface area contributed by atoms with Crippen LogP contribution >= 0.6 is 15.9 Å². The number of rotatable bonds is 6. The Morgan fingerprint density at radius 2 is 1.57 bits per heavy atom. The molecule has 0 saturated heterocycles. The van der Waals surface area contributed by atoms with Crippen molar-refractivity contribution < 1.29 is 0 Å². The second-order valence-electron chi connectivity index (χ2n) is 6.33. The van der Waals surface area contributed by atoms with Gasteiger partial charge < -0.3 is 0 Å². The van der Waals surface area contributed by atoms with Gasteiger partial charge in [-0.25, -0.2) is 0 Å². The van der Waals surface area contributed by atoms with Crippen molar-refractivity contribution in [1.29, 1.82) is 0 Å². The highest BCUT2D eigenvalue weighted by atomic mass is 79.9. The molecule has 0 fully saturated rings. The first-order valence-corrected chi connectivity index (χ1v) is 9.94. The predicted octanol–water partition coefficient (Wildman–Crippen LogP) is 6.89. The lowest BCUT2D eigenvalue weighted by Crippen LogP contribution is -1.94. The van der Waals surface area contributed by atoms with Gasteiger partial charge in [0.2, 0.25) is 0 Å². The molecule has 0 amide bonds. The predicted molar refractivity (Wildman–Crippen MR) is 105 cm³/mol. The highest BCUT2D eigenvalue weighted by Crippen LogP contribution is 2.38. The Hall–Kier alpha value is -1.34. The fraction of sp³-hybridized carbons (Fsp3) is 0.364. The van der Waals surface area contributed by atoms with Gasteiger partial charge in [-0.2, -0.15) is 0 Å². The quantitative estimate of drug-likeness (QED) is 0.384. The molecule has 0 aliphatic heterocycles. The maximum Gasteiger partial charge on any atom is 0.00313 e. The fourth-order valence-electron chi connectivity index (χ4n) is 3.62. The maximum absolute atomic E-state index is 3.55. The molecule has 120 valence electrons. The van der Waals surface area contributed by atoms with Crippen molar-refractivity contribution in [3.63, 3.8) is 0 Å². The highest BCUT2D eigenvalue weighted by molar-refractivity contribution is 9.09. The van der Waals surface area contributed by atoms with Crippen LogP contribution in [0.4, 0.5) is 0 Å². The van der Waals surface area contributed by atoms with Gasteiger partial charge in [0.25, 0.3) is 0 Å². The number of alkyl halides is 1. The van der Waals surface area contributed by atoms with Gasteiger partial charge in [-0.15, -0.1) is 0 Å². The van der Waals surface area contributed by atoms with Gasteiger partial charge in [-0.1, -0.05) is 76.9 Å². The van der Waals surface area contributed by atoms with Crippen LogP contribution in [-0.4, -0.2) is 5.33 Å². The fourth-order valence-corrected chi connectivity index (χ4v) is 4.01. The zero-order valence-electron chi connectivity index (χ0n) is 13.7. The largest absolute Gasteiger partial charge is 0.0928 e. The molecule has 1 aliphatic rings. The summed E-state index contributed by atoms with van der Waals surface area (Å²) < 4.78 is 0. The molecule has 3 rings (SSSR count). The Kier molecular flexibility index (Phi) is 6.10. The second kappa shape index (κ2) is 8.49. The van der Waals surface area contributed by atoms with Crippen LogP contribution in [0.15, 0.2) is 54.6 Å². The molecule has 0 unspecified atom stereocenters. The van der Waals surface area contributed by atoms with Crippen LogP contribution in [0, 0.1) is 0 Å². The Bertz CT molecular complexity index is 655. The monoisotopic (exact) mass is 368 g/mol. The van der Waals surface area contributed by atoms with E-state index in [1.807, 2.05) is 0 Å². The van der Waals surface area contributed by atoms with Gasteiger partial charge in [-0.05, 0) is 66.4 Å². The van der Waals surface area contributed by atoms with Crippen molar-refractivity contribution >= 4 is 27.1 Å². The molecular formula is C22H25Br. The molecule has 0 radical (unpaired) electrons. The molecule has 23 heavy (non-hydrogen) atoms. The Balaban J connectivity index is 1.99. The van der Waals surface area contributed by atoms with Gasteiger partial charge in [0, 0.05) is 5.33 Å². The molecule has 0 spiro atoms. The van der Waals surface area contributed by atoms with E-state index in [4.69, 9.17) is 0 Å². The van der Waals surface area contributed by atoms with E-state index >= 15 is 0 Å². The number of hydrogen-bond acceptors (Lipinski definition) is 0. The number of hydrogen-bond donors (Lipinski definition) is 0. The standard InChI is InChI=1S/C22H25Br/c23-17-8-2-5-15-22-20-14-7-6-12-19(20)13-9-16-21(22)18-10-3-1-4-11-18/h1,3-4,6-7,10-12,14H,2,5,8-9,13,15-17H2. The molecule has 0 nitrogen and oxygen atoms in total. The van der Waals surface area contributed by atoms with Crippen LogP contribution in [0.2, 0.25) is 0 Å². The molecule has 0 aromatic heterocycles. The van der Waals surface area contributed by atoms with Gasteiger partial charge in [-0.3, -0.25) is 0 Å². The van der Waals surface area contributed by atoms with Crippen LogP contribution in [0.1, 0.15) is 55.2 Å². The summed E-state index contributed by atoms with van der Waals surface area (Å²) in [5.41, 5.74) is 7.63. The molecule has 0 saturated carbocycles. The first-order valence-electron chi connectivity index (χ1n) is 8.82. The Labute approximate surface area is 148 Å². The molecule has 0 heterocycles. The van der Waals surface area contributed by atoms with E-state index < -0.39 is 0 Å². The molecule has 0 N–H and O–H groups in total. The average Bonchev–Trinajstić information content (AvgIpc) is 2.79. The summed E-state index contributed by atoms with van der Waals surface area (Å²) in [7, 11) is 0. The van der Waals surface area contributed by atoms with Crippen molar-refractivity contribution in [1.82, 2.24) is 0 Å². The Morgan fingerprint density at radius 3 is 2.39 bits per heavy atom. The van der Waals surface area contributed by atoms with E-state index in [1.165, 1.54) is 61.6 Å². The minimum atomic E-state index is 1.12. The van der Waals surface area contributed by atoms with Crippen LogP contribution in [0.3, 0.4) is 0 Å². The van der Waals surface area contributed by atoms with Gasteiger partial charge in [0.05, 0.1) is 0 Å². The van der Waals surface area contributed by atoms with Crippen LogP contribution in [0.25, 0.3) is 11.1 Å². The topological polar surface area (TPSA) is 0 Å². The summed E-state index contributed by atoms with van der Waals surface area (Å²) in [6.07, 6.45) is 8.73. The molecular weight excluding hydrogens is 344 g/mol. The number of allylic oxidation sites excluding steroid dienone is 2. The SMILES string of the molecule is BrCCCCCC1=C(c2ccccc2)CCCc2ccccc21. The van der Waals surface area contributed by atoms with Crippen molar-refractivity contribution in [2.75, 3.05) is 5.33 Å². The number of aryl methyl sites for hydroxylation is 1. The zero-order chi connectivity index (χ0) is 15.9. The summed E-state index contributed by atoms with van der Waals surface area (Å²) in [5, 5.41) is 1.12. The van der Waals surface area contributed by atoms with Crippen LogP contribution in [-0.2, 0) is 6.42 Å². The summed E-state index contributed by atoms with van der Waals surface area (Å²) in [4.78, 5) is 0. The van der Waals surface area contributed by atoms with Crippen molar-refractivity contribution in [2.24, 2.45) is 0 Å². The molecule has 0 atom stereocenters. The summed E-state index contributed by atoms with van der Waals surface area (Å²) >= 11 is 3.55. The maximum atomic E-state index is 3.55. The van der Waals surface area contributed by atoms with E-state index in [-0.39, 0.29) is 0 Å². The number of unbranched alkanes of at least 4 members (excludes halogenated alkanes) is 2. The minimum absolute atomic E-state index is 1.12. The lowest BCUT2D eigenvalue weighted by Gasteiger charge is -2.16. The van der Waals surface area contributed by atoms with E-state index in [0.29, 0.717) is 0 Å². The molecule has 1 heteroatoms. The molecule has 2 aromatic rings. The minimum Gasteiger partial charge on any atom is -0.0928 e. The van der Waals surface area contributed by atoms with E-state index in [1.54, 1.807) is 11.1 Å².